The second kappa shape index (κ2) is 8.89. The first-order valence-electron chi connectivity index (χ1n) is 7.75. The molecule has 0 radical (unpaired) electrons. The van der Waals surface area contributed by atoms with Crippen molar-refractivity contribution < 1.29 is 9.78 Å². The number of aromatic nitrogens is 2. The number of fused-ring (bicyclic) bond motifs is 1. The Balaban J connectivity index is 0.00000113. The van der Waals surface area contributed by atoms with Crippen molar-refractivity contribution in [3.63, 3.8) is 0 Å². The molecule has 1 saturated heterocycles. The minimum absolute atomic E-state index is 0. The van der Waals surface area contributed by atoms with E-state index in [-0.39, 0.29) is 24.8 Å². The molecule has 0 saturated carbocycles. The van der Waals surface area contributed by atoms with Crippen LogP contribution in [-0.2, 0) is 11.4 Å². The third kappa shape index (κ3) is 4.54. The van der Waals surface area contributed by atoms with Gasteiger partial charge >= 0.3 is 0 Å². The zero-order chi connectivity index (χ0) is 15.5. The van der Waals surface area contributed by atoms with Crippen molar-refractivity contribution in [1.29, 1.82) is 0 Å². The average molecular weight is 383 g/mol. The van der Waals surface area contributed by atoms with Crippen molar-refractivity contribution in [1.82, 2.24) is 14.9 Å². The number of benzene rings is 1. The van der Waals surface area contributed by atoms with E-state index in [1.54, 1.807) is 18.7 Å². The number of nitrogens with zero attached hydrogens (tertiary/aromatic N) is 4. The van der Waals surface area contributed by atoms with Crippen LogP contribution in [0, 0.1) is 0 Å². The molecule has 1 fully saturated rings. The molecule has 3 heterocycles. The summed E-state index contributed by atoms with van der Waals surface area (Å²) < 4.78 is 0. The molecule has 2 aliphatic heterocycles. The van der Waals surface area contributed by atoms with Gasteiger partial charge in [-0.25, -0.2) is 4.98 Å². The number of hydrogen-bond acceptors (Lipinski definition) is 6. The summed E-state index contributed by atoms with van der Waals surface area (Å²) in [6.07, 6.45) is 8.76. The molecule has 6 nitrogen and oxygen atoms in total. The van der Waals surface area contributed by atoms with E-state index in [1.807, 2.05) is 18.3 Å². The highest BCUT2D eigenvalue weighted by atomic mass is 35.5. The molecule has 1 aromatic heterocycles. The van der Waals surface area contributed by atoms with Gasteiger partial charge in [0, 0.05) is 50.7 Å². The van der Waals surface area contributed by atoms with Crippen molar-refractivity contribution >= 4 is 36.7 Å². The summed E-state index contributed by atoms with van der Waals surface area (Å²) in [5, 5.41) is 0. The first kappa shape index (κ1) is 19.3. The van der Waals surface area contributed by atoms with Gasteiger partial charge in [-0.3, -0.25) is 19.7 Å². The summed E-state index contributed by atoms with van der Waals surface area (Å²) in [4.78, 5) is 23.2. The molecule has 0 atom stereocenters. The molecule has 134 valence electrons. The van der Waals surface area contributed by atoms with Gasteiger partial charge in [0.15, 0.2) is 5.75 Å². The summed E-state index contributed by atoms with van der Waals surface area (Å²) in [5.74, 6) is 1.73. The topological polar surface area (TPSA) is 50.7 Å². The van der Waals surface area contributed by atoms with Crippen LogP contribution in [0.2, 0.25) is 0 Å². The molecule has 0 spiro atoms. The lowest BCUT2D eigenvalue weighted by Gasteiger charge is -2.35. The Morgan fingerprint density at radius 2 is 1.88 bits per heavy atom. The molecule has 4 rings (SSSR count). The number of anilines is 1. The molecule has 25 heavy (non-hydrogen) atoms. The maximum atomic E-state index is 5.11. The first-order chi connectivity index (χ1) is 11.4. The molecule has 0 N–H and O–H groups in total. The van der Waals surface area contributed by atoms with Crippen LogP contribution >= 0.6 is 24.8 Å². The van der Waals surface area contributed by atoms with Gasteiger partial charge in [-0.2, -0.15) is 0 Å². The van der Waals surface area contributed by atoms with Crippen LogP contribution in [0.5, 0.6) is 5.75 Å². The van der Waals surface area contributed by atoms with Crippen molar-refractivity contribution in [3.8, 4) is 5.75 Å². The van der Waals surface area contributed by atoms with Gasteiger partial charge in [0.1, 0.15) is 12.1 Å². The molecule has 2 aliphatic rings. The van der Waals surface area contributed by atoms with Crippen LogP contribution in [0.25, 0.3) is 6.08 Å². The van der Waals surface area contributed by atoms with Gasteiger partial charge in [-0.15, -0.1) is 24.8 Å². The standard InChI is InChI=1S/C17H18N4O2.2ClH/c1-2-16-15(3-10-22-23-16)11-14(1)13-20-6-8-21(9-7-20)17-12-18-4-5-19-17;;/h1-5,10-12H,6-9,13H2;2*1H. The van der Waals surface area contributed by atoms with E-state index in [9.17, 15) is 0 Å². The van der Waals surface area contributed by atoms with Gasteiger partial charge in [0.05, 0.1) is 6.20 Å². The normalized spacial score (nSPS) is 15.9. The van der Waals surface area contributed by atoms with E-state index in [4.69, 9.17) is 9.78 Å². The van der Waals surface area contributed by atoms with E-state index in [0.717, 1.165) is 49.9 Å². The second-order valence-electron chi connectivity index (χ2n) is 5.68. The Hall–Kier alpha value is -2.02. The van der Waals surface area contributed by atoms with Gasteiger partial charge < -0.3 is 4.90 Å². The maximum absolute atomic E-state index is 5.11. The molecule has 0 aliphatic carbocycles. The molecular weight excluding hydrogens is 363 g/mol. The SMILES string of the molecule is C1=Cc2cc(CN3CCN(c4cnccn4)CC3)ccc2OO1.Cl.Cl. The number of rotatable bonds is 3. The summed E-state index contributed by atoms with van der Waals surface area (Å²) in [6.45, 7) is 4.92. The van der Waals surface area contributed by atoms with E-state index < -0.39 is 0 Å². The fourth-order valence-electron chi connectivity index (χ4n) is 2.93. The Bertz CT molecular complexity index is 707. The van der Waals surface area contributed by atoms with Gasteiger partial charge in [0.25, 0.3) is 0 Å². The highest BCUT2D eigenvalue weighted by molar-refractivity contribution is 5.85. The minimum Gasteiger partial charge on any atom is -0.353 e. The predicted octanol–water partition coefficient (Wildman–Crippen LogP) is 2.94. The summed E-state index contributed by atoms with van der Waals surface area (Å²) in [5.41, 5.74) is 2.35. The molecule has 8 heteroatoms. The highest BCUT2D eigenvalue weighted by Crippen LogP contribution is 2.26. The Morgan fingerprint density at radius 1 is 1.04 bits per heavy atom. The lowest BCUT2D eigenvalue weighted by Crippen LogP contribution is -2.46. The third-order valence-electron chi connectivity index (χ3n) is 4.17. The first-order valence-corrected chi connectivity index (χ1v) is 7.75. The van der Waals surface area contributed by atoms with Crippen LogP contribution in [0.4, 0.5) is 5.82 Å². The van der Waals surface area contributed by atoms with Crippen LogP contribution in [0.15, 0.2) is 43.1 Å². The lowest BCUT2D eigenvalue weighted by atomic mass is 10.1. The zero-order valence-electron chi connectivity index (χ0n) is 13.6. The van der Waals surface area contributed by atoms with Gasteiger partial charge in [-0.1, -0.05) is 6.07 Å². The number of halogens is 2. The predicted molar refractivity (Wildman–Crippen MR) is 101 cm³/mol. The fraction of sp³-hybridized carbons (Fsp3) is 0.294. The zero-order valence-corrected chi connectivity index (χ0v) is 15.2. The Labute approximate surface area is 159 Å². The Kier molecular flexibility index (Phi) is 6.87. The Morgan fingerprint density at radius 3 is 2.64 bits per heavy atom. The van der Waals surface area contributed by atoms with Crippen molar-refractivity contribution in [2.75, 3.05) is 31.1 Å². The van der Waals surface area contributed by atoms with Gasteiger partial charge in [0.2, 0.25) is 0 Å². The maximum Gasteiger partial charge on any atom is 0.185 e. The molecular formula is C17H20Cl2N4O2. The second-order valence-corrected chi connectivity index (χ2v) is 5.68. The number of hydrogen-bond donors (Lipinski definition) is 0. The quantitative estimate of drug-likeness (QED) is 0.760. The monoisotopic (exact) mass is 382 g/mol. The van der Waals surface area contributed by atoms with Crippen molar-refractivity contribution in [3.05, 3.63) is 54.2 Å². The summed E-state index contributed by atoms with van der Waals surface area (Å²) in [7, 11) is 0. The van der Waals surface area contributed by atoms with Crippen molar-refractivity contribution in [2.45, 2.75) is 6.54 Å². The van der Waals surface area contributed by atoms with E-state index in [0.29, 0.717) is 0 Å². The van der Waals surface area contributed by atoms with Crippen LogP contribution in [-0.4, -0.2) is 41.0 Å². The lowest BCUT2D eigenvalue weighted by molar-refractivity contribution is -0.151. The smallest absolute Gasteiger partial charge is 0.185 e. The van der Waals surface area contributed by atoms with E-state index in [1.165, 1.54) is 5.56 Å². The largest absolute Gasteiger partial charge is 0.353 e. The third-order valence-corrected chi connectivity index (χ3v) is 4.17. The molecule has 2 aromatic rings. The summed E-state index contributed by atoms with van der Waals surface area (Å²) in [6, 6.07) is 6.21. The average Bonchev–Trinajstić information content (AvgIpc) is 2.63. The van der Waals surface area contributed by atoms with E-state index >= 15 is 0 Å². The molecule has 0 bridgehead atoms. The minimum atomic E-state index is 0. The molecule has 1 aromatic carbocycles. The van der Waals surface area contributed by atoms with Crippen LogP contribution < -0.4 is 9.79 Å². The number of piperazine rings is 1. The van der Waals surface area contributed by atoms with E-state index in [2.05, 4.69) is 31.9 Å². The van der Waals surface area contributed by atoms with Crippen LogP contribution in [0.3, 0.4) is 0 Å². The highest BCUT2D eigenvalue weighted by Gasteiger charge is 2.18. The molecule has 0 unspecified atom stereocenters. The van der Waals surface area contributed by atoms with Crippen LogP contribution in [0.1, 0.15) is 11.1 Å². The fourth-order valence-corrected chi connectivity index (χ4v) is 2.93. The van der Waals surface area contributed by atoms with Gasteiger partial charge in [-0.05, 0) is 23.8 Å². The van der Waals surface area contributed by atoms with Crippen molar-refractivity contribution in [2.24, 2.45) is 0 Å². The molecule has 0 amide bonds. The summed E-state index contributed by atoms with van der Waals surface area (Å²) >= 11 is 0.